The van der Waals surface area contributed by atoms with Gasteiger partial charge in [-0.2, -0.15) is 5.10 Å². The molecule has 14 heavy (non-hydrogen) atoms. The molecule has 1 aromatic heterocycles. The van der Waals surface area contributed by atoms with E-state index in [0.29, 0.717) is 0 Å². The summed E-state index contributed by atoms with van der Waals surface area (Å²) < 4.78 is 0. The highest BCUT2D eigenvalue weighted by molar-refractivity contribution is 5.65. The second kappa shape index (κ2) is 3.92. The molecular weight excluding hydrogens is 172 g/mol. The van der Waals surface area contributed by atoms with Crippen LogP contribution in [0.3, 0.4) is 0 Å². The second-order valence-corrected chi connectivity index (χ2v) is 3.12. The summed E-state index contributed by atoms with van der Waals surface area (Å²) in [6.07, 6.45) is 4.55. The number of hydrogen-bond acceptors (Lipinski definition) is 1. The van der Waals surface area contributed by atoms with Gasteiger partial charge in [-0.25, -0.2) is 0 Å². The third-order valence-electron chi connectivity index (χ3n) is 2.15. The van der Waals surface area contributed by atoms with E-state index in [1.807, 2.05) is 30.5 Å². The van der Waals surface area contributed by atoms with Crippen LogP contribution in [0.15, 0.2) is 49.2 Å². The number of nitrogens with one attached hydrogen (secondary N) is 1. The van der Waals surface area contributed by atoms with Crippen molar-refractivity contribution in [3.63, 3.8) is 0 Å². The number of hydrogen-bond donors (Lipinski definition) is 1. The molecule has 0 unspecified atom stereocenters. The number of rotatable bonds is 3. The number of benzene rings is 1. The lowest BCUT2D eigenvalue weighted by atomic mass is 10.1. The van der Waals surface area contributed by atoms with Gasteiger partial charge in [0.15, 0.2) is 0 Å². The van der Waals surface area contributed by atoms with Gasteiger partial charge in [0, 0.05) is 17.7 Å². The van der Waals surface area contributed by atoms with Gasteiger partial charge in [-0.1, -0.05) is 36.4 Å². The molecule has 2 rings (SSSR count). The van der Waals surface area contributed by atoms with Gasteiger partial charge in [-0.15, -0.1) is 6.58 Å². The Kier molecular flexibility index (Phi) is 2.45. The largest absolute Gasteiger partial charge is 0.282 e. The highest BCUT2D eigenvalue weighted by atomic mass is 15.1. The van der Waals surface area contributed by atoms with Crippen LogP contribution in [0.5, 0.6) is 0 Å². The summed E-state index contributed by atoms with van der Waals surface area (Å²) in [6, 6.07) is 10.2. The lowest BCUT2D eigenvalue weighted by Crippen LogP contribution is -1.84. The highest BCUT2D eigenvalue weighted by Crippen LogP contribution is 2.21. The number of nitrogens with zero attached hydrogens (tertiary/aromatic N) is 1. The monoisotopic (exact) mass is 184 g/mol. The average molecular weight is 184 g/mol. The summed E-state index contributed by atoms with van der Waals surface area (Å²) in [4.78, 5) is 0. The summed E-state index contributed by atoms with van der Waals surface area (Å²) in [5.74, 6) is 0. The Morgan fingerprint density at radius 2 is 2.07 bits per heavy atom. The predicted molar refractivity (Wildman–Crippen MR) is 57.9 cm³/mol. The molecule has 0 atom stereocenters. The summed E-state index contributed by atoms with van der Waals surface area (Å²) >= 11 is 0. The van der Waals surface area contributed by atoms with E-state index in [-0.39, 0.29) is 0 Å². The first kappa shape index (κ1) is 8.75. The predicted octanol–water partition coefficient (Wildman–Crippen LogP) is 2.81. The maximum atomic E-state index is 4.04. The van der Waals surface area contributed by atoms with Gasteiger partial charge in [-0.3, -0.25) is 5.10 Å². The Balaban J connectivity index is 2.41. The van der Waals surface area contributed by atoms with E-state index in [4.69, 9.17) is 0 Å². The molecule has 1 aromatic carbocycles. The Morgan fingerprint density at radius 3 is 2.79 bits per heavy atom. The van der Waals surface area contributed by atoms with Crippen LogP contribution in [0.2, 0.25) is 0 Å². The van der Waals surface area contributed by atoms with Crippen molar-refractivity contribution in [2.45, 2.75) is 6.42 Å². The van der Waals surface area contributed by atoms with Crippen molar-refractivity contribution in [1.29, 1.82) is 0 Å². The zero-order chi connectivity index (χ0) is 9.80. The minimum absolute atomic E-state index is 0.824. The molecule has 0 bridgehead atoms. The molecule has 2 aromatic rings. The molecule has 2 heteroatoms. The standard InChI is InChI=1S/C12H12N2/c1-2-6-12-11(9-13-14-12)10-7-4-3-5-8-10/h2-5,7-9H,1,6H2,(H,13,14). The molecule has 0 aliphatic carbocycles. The fourth-order valence-electron chi connectivity index (χ4n) is 1.48. The minimum Gasteiger partial charge on any atom is -0.282 e. The maximum Gasteiger partial charge on any atom is 0.0568 e. The first-order valence-electron chi connectivity index (χ1n) is 4.60. The smallest absolute Gasteiger partial charge is 0.0568 e. The molecule has 0 saturated heterocycles. The molecule has 0 aliphatic rings. The van der Waals surface area contributed by atoms with E-state index < -0.39 is 0 Å². The van der Waals surface area contributed by atoms with Crippen molar-refractivity contribution in [1.82, 2.24) is 10.2 Å². The third kappa shape index (κ3) is 1.59. The summed E-state index contributed by atoms with van der Waals surface area (Å²) in [7, 11) is 0. The molecule has 1 N–H and O–H groups in total. The normalized spacial score (nSPS) is 10.0. The lowest BCUT2D eigenvalue weighted by molar-refractivity contribution is 1.01. The molecule has 0 fully saturated rings. The number of aromatic nitrogens is 2. The van der Waals surface area contributed by atoms with Crippen molar-refractivity contribution in [2.24, 2.45) is 0 Å². The van der Waals surface area contributed by atoms with Crippen molar-refractivity contribution in [3.05, 3.63) is 54.9 Å². The summed E-state index contributed by atoms with van der Waals surface area (Å²) in [5.41, 5.74) is 3.47. The fourth-order valence-corrected chi connectivity index (χ4v) is 1.48. The SMILES string of the molecule is C=CCc1[nH]ncc1-c1ccccc1. The first-order valence-corrected chi connectivity index (χ1v) is 4.60. The third-order valence-corrected chi connectivity index (χ3v) is 2.15. The van der Waals surface area contributed by atoms with E-state index in [0.717, 1.165) is 17.7 Å². The minimum atomic E-state index is 0.824. The van der Waals surface area contributed by atoms with E-state index in [1.165, 1.54) is 5.56 Å². The maximum absolute atomic E-state index is 4.04. The molecule has 70 valence electrons. The van der Waals surface area contributed by atoms with Crippen molar-refractivity contribution in [3.8, 4) is 11.1 Å². The van der Waals surface area contributed by atoms with Crippen LogP contribution in [-0.4, -0.2) is 10.2 Å². The van der Waals surface area contributed by atoms with Crippen LogP contribution in [0.4, 0.5) is 0 Å². The molecular formula is C12H12N2. The van der Waals surface area contributed by atoms with Gasteiger partial charge in [-0.05, 0) is 5.56 Å². The zero-order valence-electron chi connectivity index (χ0n) is 7.90. The Morgan fingerprint density at radius 1 is 1.29 bits per heavy atom. The molecule has 1 heterocycles. The Bertz CT molecular complexity index is 415. The van der Waals surface area contributed by atoms with E-state index in [9.17, 15) is 0 Å². The summed E-state index contributed by atoms with van der Waals surface area (Å²) in [5, 5.41) is 7.03. The molecule has 0 saturated carbocycles. The molecule has 0 spiro atoms. The first-order chi connectivity index (χ1) is 6.92. The van der Waals surface area contributed by atoms with Crippen LogP contribution >= 0.6 is 0 Å². The number of allylic oxidation sites excluding steroid dienone is 1. The zero-order valence-corrected chi connectivity index (χ0v) is 7.90. The Labute approximate surface area is 83.3 Å². The van der Waals surface area contributed by atoms with Gasteiger partial charge in [0.25, 0.3) is 0 Å². The second-order valence-electron chi connectivity index (χ2n) is 3.12. The Hall–Kier alpha value is -1.83. The van der Waals surface area contributed by atoms with Gasteiger partial charge < -0.3 is 0 Å². The molecule has 0 amide bonds. The quantitative estimate of drug-likeness (QED) is 0.730. The topological polar surface area (TPSA) is 28.7 Å². The van der Waals surface area contributed by atoms with Crippen molar-refractivity contribution in [2.75, 3.05) is 0 Å². The van der Waals surface area contributed by atoms with Crippen LogP contribution in [-0.2, 0) is 6.42 Å². The van der Waals surface area contributed by atoms with E-state index >= 15 is 0 Å². The van der Waals surface area contributed by atoms with Gasteiger partial charge in [0.2, 0.25) is 0 Å². The van der Waals surface area contributed by atoms with Crippen LogP contribution in [0.25, 0.3) is 11.1 Å². The molecule has 2 nitrogen and oxygen atoms in total. The summed E-state index contributed by atoms with van der Waals surface area (Å²) in [6.45, 7) is 3.72. The van der Waals surface area contributed by atoms with Crippen molar-refractivity contribution >= 4 is 0 Å². The fraction of sp³-hybridized carbons (Fsp3) is 0.0833. The van der Waals surface area contributed by atoms with Gasteiger partial charge >= 0.3 is 0 Å². The van der Waals surface area contributed by atoms with Crippen LogP contribution in [0.1, 0.15) is 5.69 Å². The molecule has 0 aliphatic heterocycles. The van der Waals surface area contributed by atoms with Crippen LogP contribution < -0.4 is 0 Å². The number of H-pyrrole nitrogens is 1. The van der Waals surface area contributed by atoms with Crippen molar-refractivity contribution < 1.29 is 0 Å². The van der Waals surface area contributed by atoms with E-state index in [2.05, 4.69) is 28.9 Å². The van der Waals surface area contributed by atoms with E-state index in [1.54, 1.807) is 0 Å². The van der Waals surface area contributed by atoms with Gasteiger partial charge in [0.05, 0.1) is 6.20 Å². The number of aromatic amines is 1. The highest BCUT2D eigenvalue weighted by Gasteiger charge is 2.04. The van der Waals surface area contributed by atoms with Gasteiger partial charge in [0.1, 0.15) is 0 Å². The van der Waals surface area contributed by atoms with Crippen LogP contribution in [0, 0.1) is 0 Å². The average Bonchev–Trinajstić information content (AvgIpc) is 2.68. The molecule has 0 radical (unpaired) electrons. The lowest BCUT2D eigenvalue weighted by Gasteiger charge is -1.99.